The Hall–Kier alpha value is -2.67. The fraction of sp³-hybridized carbons (Fsp3) is 0.409. The second kappa shape index (κ2) is 9.22. The lowest BCUT2D eigenvalue weighted by molar-refractivity contribution is -0.119. The minimum atomic E-state index is -0.565. The molecule has 1 N–H and O–H groups in total. The van der Waals surface area contributed by atoms with Crippen molar-refractivity contribution >= 4 is 34.2 Å². The Balaban J connectivity index is 1.70. The Kier molecular flexibility index (Phi) is 6.69. The van der Waals surface area contributed by atoms with E-state index in [1.807, 2.05) is 6.92 Å². The van der Waals surface area contributed by atoms with Gasteiger partial charge in [0.15, 0.2) is 6.61 Å². The fourth-order valence-corrected chi connectivity index (χ4v) is 4.74. The van der Waals surface area contributed by atoms with E-state index in [1.165, 1.54) is 11.3 Å². The summed E-state index contributed by atoms with van der Waals surface area (Å²) >= 11 is 1.41. The molecular weight excluding hydrogens is 390 g/mol. The van der Waals surface area contributed by atoms with E-state index in [4.69, 9.17) is 9.47 Å². The zero-order valence-electron chi connectivity index (χ0n) is 16.9. The standard InChI is InChI=1S/C22H25NO5S/c1-4-27-22(26)19-16-10-7-14(3)11-17(16)29-20(19)23-18(24)12-28-21(25)15-8-5-13(2)6-9-15/h5-6,8-9,14H,4,7,10-12H2,1-3H3,(H,23,24)/t14-/m1/s1. The van der Waals surface area contributed by atoms with E-state index in [-0.39, 0.29) is 6.61 Å². The number of fused-ring (bicyclic) bond motifs is 1. The van der Waals surface area contributed by atoms with Gasteiger partial charge in [0.1, 0.15) is 5.00 Å². The number of thiophene rings is 1. The molecule has 1 aliphatic rings. The van der Waals surface area contributed by atoms with E-state index in [0.717, 1.165) is 35.3 Å². The van der Waals surface area contributed by atoms with E-state index < -0.39 is 24.5 Å². The van der Waals surface area contributed by atoms with Crippen LogP contribution in [0, 0.1) is 12.8 Å². The molecule has 1 amide bonds. The lowest BCUT2D eigenvalue weighted by Gasteiger charge is -2.18. The average molecular weight is 416 g/mol. The van der Waals surface area contributed by atoms with Crippen LogP contribution in [0.15, 0.2) is 24.3 Å². The van der Waals surface area contributed by atoms with Gasteiger partial charge in [-0.25, -0.2) is 9.59 Å². The van der Waals surface area contributed by atoms with Crippen molar-refractivity contribution in [3.63, 3.8) is 0 Å². The molecule has 1 aromatic carbocycles. The van der Waals surface area contributed by atoms with E-state index in [2.05, 4.69) is 12.2 Å². The quantitative estimate of drug-likeness (QED) is 0.717. The molecule has 0 bridgehead atoms. The van der Waals surface area contributed by atoms with Crippen LogP contribution in [-0.4, -0.2) is 31.1 Å². The van der Waals surface area contributed by atoms with E-state index in [1.54, 1.807) is 31.2 Å². The van der Waals surface area contributed by atoms with Crippen molar-refractivity contribution < 1.29 is 23.9 Å². The molecule has 1 heterocycles. The second-order valence-corrected chi connectivity index (χ2v) is 8.37. The first-order valence-electron chi connectivity index (χ1n) is 9.74. The molecule has 1 aromatic heterocycles. The molecule has 29 heavy (non-hydrogen) atoms. The molecule has 6 nitrogen and oxygen atoms in total. The normalized spacial score (nSPS) is 15.3. The minimum absolute atomic E-state index is 0.265. The van der Waals surface area contributed by atoms with Crippen LogP contribution in [0.4, 0.5) is 5.00 Å². The van der Waals surface area contributed by atoms with Gasteiger partial charge in [-0.2, -0.15) is 0 Å². The Morgan fingerprint density at radius 3 is 2.55 bits per heavy atom. The lowest BCUT2D eigenvalue weighted by atomic mass is 9.88. The highest BCUT2D eigenvalue weighted by Gasteiger charge is 2.29. The lowest BCUT2D eigenvalue weighted by Crippen LogP contribution is -2.22. The maximum atomic E-state index is 12.5. The molecule has 0 saturated heterocycles. The van der Waals surface area contributed by atoms with E-state index in [0.29, 0.717) is 22.0 Å². The van der Waals surface area contributed by atoms with Crippen LogP contribution in [0.25, 0.3) is 0 Å². The third kappa shape index (κ3) is 5.03. The van der Waals surface area contributed by atoms with Crippen molar-refractivity contribution in [1.82, 2.24) is 0 Å². The smallest absolute Gasteiger partial charge is 0.341 e. The highest BCUT2D eigenvalue weighted by atomic mass is 32.1. The number of ether oxygens (including phenoxy) is 2. The van der Waals surface area contributed by atoms with Crippen LogP contribution in [-0.2, 0) is 27.1 Å². The number of carbonyl (C=O) groups is 3. The van der Waals surface area contributed by atoms with Gasteiger partial charge in [-0.05, 0) is 56.7 Å². The van der Waals surface area contributed by atoms with Gasteiger partial charge < -0.3 is 14.8 Å². The Bertz CT molecular complexity index is 916. The molecule has 0 saturated carbocycles. The summed E-state index contributed by atoms with van der Waals surface area (Å²) in [6.45, 7) is 5.69. The number of nitrogens with one attached hydrogen (secondary N) is 1. The molecule has 0 fully saturated rings. The third-order valence-electron chi connectivity index (χ3n) is 4.87. The Labute approximate surface area is 174 Å². The van der Waals surface area contributed by atoms with Crippen LogP contribution in [0.5, 0.6) is 0 Å². The number of hydrogen-bond donors (Lipinski definition) is 1. The van der Waals surface area contributed by atoms with Crippen LogP contribution in [0.2, 0.25) is 0 Å². The van der Waals surface area contributed by atoms with Crippen LogP contribution in [0.1, 0.15) is 57.0 Å². The first kappa shape index (κ1) is 21.0. The Morgan fingerprint density at radius 2 is 1.86 bits per heavy atom. The molecule has 2 aromatic rings. The van der Waals surface area contributed by atoms with Gasteiger partial charge in [0.25, 0.3) is 5.91 Å². The van der Waals surface area contributed by atoms with Crippen LogP contribution >= 0.6 is 11.3 Å². The maximum Gasteiger partial charge on any atom is 0.341 e. The number of anilines is 1. The van der Waals surface area contributed by atoms with Gasteiger partial charge in [-0.15, -0.1) is 11.3 Å². The van der Waals surface area contributed by atoms with Gasteiger partial charge in [0.05, 0.1) is 17.7 Å². The third-order valence-corrected chi connectivity index (χ3v) is 6.04. The van der Waals surface area contributed by atoms with Crippen molar-refractivity contribution in [3.05, 3.63) is 51.4 Å². The van der Waals surface area contributed by atoms with Crippen molar-refractivity contribution in [2.24, 2.45) is 5.92 Å². The molecule has 154 valence electrons. The molecule has 1 atom stereocenters. The molecule has 0 aliphatic heterocycles. The summed E-state index contributed by atoms with van der Waals surface area (Å²) in [7, 11) is 0. The molecule has 7 heteroatoms. The zero-order chi connectivity index (χ0) is 21.0. The summed E-state index contributed by atoms with van der Waals surface area (Å²) < 4.78 is 10.3. The number of hydrogen-bond acceptors (Lipinski definition) is 6. The molecule has 1 aliphatic carbocycles. The van der Waals surface area contributed by atoms with Gasteiger partial charge in [0.2, 0.25) is 0 Å². The monoisotopic (exact) mass is 415 g/mol. The van der Waals surface area contributed by atoms with E-state index >= 15 is 0 Å². The van der Waals surface area contributed by atoms with Crippen molar-refractivity contribution in [2.75, 3.05) is 18.5 Å². The number of carbonyl (C=O) groups excluding carboxylic acids is 3. The van der Waals surface area contributed by atoms with Crippen molar-refractivity contribution in [2.45, 2.75) is 40.0 Å². The second-order valence-electron chi connectivity index (χ2n) is 7.27. The van der Waals surface area contributed by atoms with Gasteiger partial charge in [-0.1, -0.05) is 24.6 Å². The summed E-state index contributed by atoms with van der Waals surface area (Å²) in [6, 6.07) is 6.92. The predicted octanol–water partition coefficient (Wildman–Crippen LogP) is 4.15. The largest absolute Gasteiger partial charge is 0.462 e. The van der Waals surface area contributed by atoms with Gasteiger partial charge in [0, 0.05) is 4.88 Å². The number of benzene rings is 1. The summed E-state index contributed by atoms with van der Waals surface area (Å²) in [5, 5.41) is 3.21. The Morgan fingerprint density at radius 1 is 1.14 bits per heavy atom. The van der Waals surface area contributed by atoms with Crippen molar-refractivity contribution in [1.29, 1.82) is 0 Å². The summed E-state index contributed by atoms with van der Waals surface area (Å²) in [5.74, 6) is -0.936. The van der Waals surface area contributed by atoms with Gasteiger partial charge >= 0.3 is 11.9 Å². The summed E-state index contributed by atoms with van der Waals surface area (Å²) in [6.07, 6.45) is 2.67. The predicted molar refractivity (Wildman–Crippen MR) is 112 cm³/mol. The molecule has 0 radical (unpaired) electrons. The SMILES string of the molecule is CCOC(=O)c1c(NC(=O)COC(=O)c2ccc(C)cc2)sc2c1CC[C@@H](C)C2. The highest BCUT2D eigenvalue weighted by molar-refractivity contribution is 7.17. The summed E-state index contributed by atoms with van der Waals surface area (Å²) in [5.41, 5.74) is 2.83. The van der Waals surface area contributed by atoms with E-state index in [9.17, 15) is 14.4 Å². The van der Waals surface area contributed by atoms with Gasteiger partial charge in [-0.3, -0.25) is 4.79 Å². The summed E-state index contributed by atoms with van der Waals surface area (Å²) in [4.78, 5) is 38.1. The first-order chi connectivity index (χ1) is 13.9. The van der Waals surface area contributed by atoms with Crippen LogP contribution < -0.4 is 5.32 Å². The number of esters is 2. The minimum Gasteiger partial charge on any atom is -0.462 e. The average Bonchev–Trinajstić information content (AvgIpc) is 3.03. The zero-order valence-corrected chi connectivity index (χ0v) is 17.7. The molecular formula is C22H25NO5S. The topological polar surface area (TPSA) is 81.7 Å². The maximum absolute atomic E-state index is 12.5. The fourth-order valence-electron chi connectivity index (χ4n) is 3.32. The molecule has 0 spiro atoms. The number of amides is 1. The van der Waals surface area contributed by atoms with Crippen molar-refractivity contribution in [3.8, 4) is 0 Å². The number of rotatable bonds is 6. The highest BCUT2D eigenvalue weighted by Crippen LogP contribution is 2.40. The molecule has 3 rings (SSSR count). The first-order valence-corrected chi connectivity index (χ1v) is 10.6. The van der Waals surface area contributed by atoms with Crippen LogP contribution in [0.3, 0.4) is 0 Å². The number of aryl methyl sites for hydroxylation is 1. The molecule has 0 unspecified atom stereocenters.